The van der Waals surface area contributed by atoms with Crippen molar-refractivity contribution in [2.24, 2.45) is 0 Å². The van der Waals surface area contributed by atoms with E-state index in [1.807, 2.05) is 30.3 Å². The fourth-order valence-electron chi connectivity index (χ4n) is 3.18. The first kappa shape index (κ1) is 25.0. The van der Waals surface area contributed by atoms with Gasteiger partial charge in [0.05, 0.1) is 6.42 Å². The second-order valence-corrected chi connectivity index (χ2v) is 8.50. The molecule has 1 heterocycles. The molecule has 1 aromatic carbocycles. The first-order valence-corrected chi connectivity index (χ1v) is 10.5. The summed E-state index contributed by atoms with van der Waals surface area (Å²) in [5, 5.41) is 11.5. The van der Waals surface area contributed by atoms with Gasteiger partial charge in [0, 0.05) is 26.2 Å². The highest BCUT2D eigenvalue weighted by Crippen LogP contribution is 2.11. The number of hydrogen-bond donors (Lipinski definition) is 2. The van der Waals surface area contributed by atoms with Crippen molar-refractivity contribution in [3.05, 3.63) is 35.9 Å². The van der Waals surface area contributed by atoms with E-state index in [9.17, 15) is 19.2 Å². The normalized spacial score (nSPS) is 15.3. The zero-order valence-electron chi connectivity index (χ0n) is 18.7. The molecule has 10 nitrogen and oxygen atoms in total. The highest BCUT2D eigenvalue weighted by Gasteiger charge is 2.31. The van der Waals surface area contributed by atoms with E-state index in [-0.39, 0.29) is 19.7 Å². The summed E-state index contributed by atoms with van der Waals surface area (Å²) in [6, 6.07) is 8.04. The number of benzene rings is 1. The number of carbonyl (C=O) groups is 4. The number of carbonyl (C=O) groups excluding carboxylic acids is 3. The summed E-state index contributed by atoms with van der Waals surface area (Å²) < 4.78 is 10.5. The van der Waals surface area contributed by atoms with Gasteiger partial charge in [0.15, 0.2) is 0 Å². The standard InChI is InChI=1S/C22H31N3O7/c1-22(2,3)32-20(29)23-17(14-18(26)27)19(28)24-10-7-11-25(13-12-24)21(30)31-15-16-8-5-4-6-9-16/h4-6,8-9,17H,7,10-15H2,1-3H3,(H,23,29)(H,26,27)/t17-/m1/s1. The summed E-state index contributed by atoms with van der Waals surface area (Å²) in [5.41, 5.74) is 0.0848. The Kier molecular flexibility index (Phi) is 8.86. The predicted molar refractivity (Wildman–Crippen MR) is 115 cm³/mol. The summed E-state index contributed by atoms with van der Waals surface area (Å²) in [7, 11) is 0. The Bertz CT molecular complexity index is 807. The number of nitrogens with zero attached hydrogens (tertiary/aromatic N) is 2. The molecule has 0 aromatic heterocycles. The molecule has 2 N–H and O–H groups in total. The molecule has 0 radical (unpaired) electrons. The Balaban J connectivity index is 1.93. The van der Waals surface area contributed by atoms with E-state index in [1.165, 1.54) is 9.80 Å². The maximum Gasteiger partial charge on any atom is 0.410 e. The molecule has 1 fully saturated rings. The van der Waals surface area contributed by atoms with E-state index in [1.54, 1.807) is 20.8 Å². The molecular weight excluding hydrogens is 418 g/mol. The third-order valence-electron chi connectivity index (χ3n) is 4.64. The highest BCUT2D eigenvalue weighted by atomic mass is 16.6. The van der Waals surface area contributed by atoms with Gasteiger partial charge in [0.1, 0.15) is 18.2 Å². The number of alkyl carbamates (subject to hydrolysis) is 1. The van der Waals surface area contributed by atoms with Crippen molar-refractivity contribution < 1.29 is 33.8 Å². The molecule has 3 amide bonds. The van der Waals surface area contributed by atoms with Crippen LogP contribution in [-0.2, 0) is 25.7 Å². The van der Waals surface area contributed by atoms with E-state index in [0.29, 0.717) is 19.5 Å². The second-order valence-electron chi connectivity index (χ2n) is 8.50. The number of carboxylic acids is 1. The van der Waals surface area contributed by atoms with Crippen LogP contribution in [0.1, 0.15) is 39.2 Å². The SMILES string of the molecule is CC(C)(C)OC(=O)N[C@H](CC(=O)O)C(=O)N1CCCN(C(=O)OCc2ccccc2)CC1. The van der Waals surface area contributed by atoms with Crippen molar-refractivity contribution >= 4 is 24.1 Å². The largest absolute Gasteiger partial charge is 0.481 e. The Labute approximate surface area is 187 Å². The minimum Gasteiger partial charge on any atom is -0.481 e. The molecule has 0 saturated carbocycles. The lowest BCUT2D eigenvalue weighted by Gasteiger charge is -2.27. The lowest BCUT2D eigenvalue weighted by molar-refractivity contribution is -0.142. The van der Waals surface area contributed by atoms with Crippen LogP contribution in [0.15, 0.2) is 30.3 Å². The predicted octanol–water partition coefficient (Wildman–Crippen LogP) is 2.23. The quantitative estimate of drug-likeness (QED) is 0.682. The summed E-state index contributed by atoms with van der Waals surface area (Å²) in [4.78, 5) is 51.6. The van der Waals surface area contributed by atoms with Gasteiger partial charge in [-0.25, -0.2) is 9.59 Å². The van der Waals surface area contributed by atoms with E-state index < -0.39 is 42.1 Å². The maximum atomic E-state index is 12.9. The number of nitrogens with one attached hydrogen (secondary N) is 1. The minimum atomic E-state index is -1.26. The van der Waals surface area contributed by atoms with Gasteiger partial charge in [-0.1, -0.05) is 30.3 Å². The Morgan fingerprint density at radius 3 is 2.28 bits per heavy atom. The van der Waals surface area contributed by atoms with Gasteiger partial charge in [0.25, 0.3) is 0 Å². The number of hydrogen-bond acceptors (Lipinski definition) is 6. The van der Waals surface area contributed by atoms with Crippen LogP contribution in [0.5, 0.6) is 0 Å². The zero-order chi connectivity index (χ0) is 23.7. The van der Waals surface area contributed by atoms with Crippen molar-refractivity contribution in [3.63, 3.8) is 0 Å². The van der Waals surface area contributed by atoms with Crippen LogP contribution >= 0.6 is 0 Å². The first-order chi connectivity index (χ1) is 15.0. The molecule has 0 bridgehead atoms. The fraction of sp³-hybridized carbons (Fsp3) is 0.545. The molecule has 1 aromatic rings. The topological polar surface area (TPSA) is 125 Å². The molecule has 0 aliphatic carbocycles. The molecule has 0 unspecified atom stereocenters. The zero-order valence-corrected chi connectivity index (χ0v) is 18.7. The maximum absolute atomic E-state index is 12.9. The van der Waals surface area contributed by atoms with Crippen molar-refractivity contribution in [1.82, 2.24) is 15.1 Å². The van der Waals surface area contributed by atoms with Crippen LogP contribution in [0.2, 0.25) is 0 Å². The van der Waals surface area contributed by atoms with Crippen molar-refractivity contribution in [2.75, 3.05) is 26.2 Å². The third kappa shape index (κ3) is 8.44. The second kappa shape index (κ2) is 11.4. The Morgan fingerprint density at radius 1 is 1.03 bits per heavy atom. The summed E-state index contributed by atoms with van der Waals surface area (Å²) in [6.45, 7) is 6.33. The van der Waals surface area contributed by atoms with E-state index >= 15 is 0 Å². The number of rotatable bonds is 6. The molecule has 1 aliphatic rings. The van der Waals surface area contributed by atoms with Crippen molar-refractivity contribution in [2.45, 2.75) is 51.9 Å². The van der Waals surface area contributed by atoms with Gasteiger partial charge in [-0.3, -0.25) is 9.59 Å². The molecule has 1 saturated heterocycles. The first-order valence-electron chi connectivity index (χ1n) is 10.5. The van der Waals surface area contributed by atoms with Crippen molar-refractivity contribution in [1.29, 1.82) is 0 Å². The highest BCUT2D eigenvalue weighted by molar-refractivity contribution is 5.89. The third-order valence-corrected chi connectivity index (χ3v) is 4.64. The van der Waals surface area contributed by atoms with Gasteiger partial charge in [-0.15, -0.1) is 0 Å². The van der Waals surface area contributed by atoms with Crippen LogP contribution in [0.3, 0.4) is 0 Å². The van der Waals surface area contributed by atoms with E-state index in [0.717, 1.165) is 5.56 Å². The van der Waals surface area contributed by atoms with Gasteiger partial charge in [-0.05, 0) is 32.8 Å². The number of ether oxygens (including phenoxy) is 2. The van der Waals surface area contributed by atoms with Crippen LogP contribution in [-0.4, -0.2) is 76.8 Å². The lowest BCUT2D eigenvalue weighted by atomic mass is 10.1. The number of amides is 3. The van der Waals surface area contributed by atoms with Crippen LogP contribution in [0.4, 0.5) is 9.59 Å². The van der Waals surface area contributed by atoms with Gasteiger partial charge in [-0.2, -0.15) is 0 Å². The number of carboxylic acid groups (broad SMARTS) is 1. The molecule has 176 valence electrons. The lowest BCUT2D eigenvalue weighted by Crippen LogP contribution is -2.51. The van der Waals surface area contributed by atoms with E-state index in [4.69, 9.17) is 14.6 Å². The Hall–Kier alpha value is -3.30. The monoisotopic (exact) mass is 449 g/mol. The summed E-state index contributed by atoms with van der Waals surface area (Å²) >= 11 is 0. The van der Waals surface area contributed by atoms with Gasteiger partial charge in [0.2, 0.25) is 5.91 Å². The number of aliphatic carboxylic acids is 1. The Morgan fingerprint density at radius 2 is 1.66 bits per heavy atom. The van der Waals surface area contributed by atoms with Crippen molar-refractivity contribution in [3.8, 4) is 0 Å². The smallest absolute Gasteiger partial charge is 0.410 e. The molecule has 32 heavy (non-hydrogen) atoms. The summed E-state index contributed by atoms with van der Waals surface area (Å²) in [5.74, 6) is -1.75. The average Bonchev–Trinajstić information content (AvgIpc) is 2.96. The van der Waals surface area contributed by atoms with Crippen LogP contribution < -0.4 is 5.32 Å². The van der Waals surface area contributed by atoms with Gasteiger partial charge >= 0.3 is 18.2 Å². The molecule has 1 atom stereocenters. The molecule has 1 aliphatic heterocycles. The van der Waals surface area contributed by atoms with Gasteiger partial charge < -0.3 is 29.7 Å². The molecule has 2 rings (SSSR count). The summed E-state index contributed by atoms with van der Waals surface area (Å²) in [6.07, 6.45) is -1.41. The fourth-order valence-corrected chi connectivity index (χ4v) is 3.18. The minimum absolute atomic E-state index is 0.152. The molecular formula is C22H31N3O7. The molecule has 0 spiro atoms. The van der Waals surface area contributed by atoms with E-state index in [2.05, 4.69) is 5.32 Å². The average molecular weight is 450 g/mol. The van der Waals surface area contributed by atoms with Crippen LogP contribution in [0, 0.1) is 0 Å². The molecule has 10 heteroatoms. The van der Waals surface area contributed by atoms with Crippen LogP contribution in [0.25, 0.3) is 0 Å².